The van der Waals surface area contributed by atoms with Crippen LogP contribution in [0.15, 0.2) is 12.4 Å². The number of hydrogen-bond acceptors (Lipinski definition) is 6. The Morgan fingerprint density at radius 3 is 3.10 bits per heavy atom. The Kier molecular flexibility index (Phi) is 2.88. The van der Waals surface area contributed by atoms with Crippen LogP contribution < -0.4 is 4.90 Å². The molecule has 2 atom stereocenters. The van der Waals surface area contributed by atoms with Crippen molar-refractivity contribution in [2.75, 3.05) is 18.0 Å². The van der Waals surface area contributed by atoms with Crippen LogP contribution in [0.2, 0.25) is 0 Å². The van der Waals surface area contributed by atoms with Crippen LogP contribution >= 0.6 is 0 Å². The van der Waals surface area contributed by atoms with Gasteiger partial charge in [-0.25, -0.2) is 14.6 Å². The van der Waals surface area contributed by atoms with E-state index in [1.54, 1.807) is 6.20 Å². The predicted octanol–water partition coefficient (Wildman–Crippen LogP) is 1.04. The van der Waals surface area contributed by atoms with Crippen LogP contribution in [0.4, 0.5) is 5.82 Å². The van der Waals surface area contributed by atoms with Gasteiger partial charge in [-0.1, -0.05) is 5.21 Å². The molecule has 21 heavy (non-hydrogen) atoms. The smallest absolute Gasteiger partial charge is 0.135 e. The Balaban J connectivity index is 1.65. The summed E-state index contributed by atoms with van der Waals surface area (Å²) in [6.45, 7) is 6.38. The molecule has 4 rings (SSSR count). The van der Waals surface area contributed by atoms with E-state index in [1.165, 1.54) is 0 Å². The highest BCUT2D eigenvalue weighted by atomic mass is 16.5. The maximum Gasteiger partial charge on any atom is 0.135 e. The van der Waals surface area contributed by atoms with Gasteiger partial charge in [0.25, 0.3) is 0 Å². The van der Waals surface area contributed by atoms with Gasteiger partial charge in [-0.15, -0.1) is 5.10 Å². The van der Waals surface area contributed by atoms with Crippen molar-refractivity contribution in [3.63, 3.8) is 0 Å². The summed E-state index contributed by atoms with van der Waals surface area (Å²) in [6.07, 6.45) is 4.88. The summed E-state index contributed by atoms with van der Waals surface area (Å²) in [5.74, 6) is 1.83. The lowest BCUT2D eigenvalue weighted by atomic mass is 10.00. The maximum atomic E-state index is 5.94. The van der Waals surface area contributed by atoms with Gasteiger partial charge in [-0.2, -0.15) is 0 Å². The van der Waals surface area contributed by atoms with Gasteiger partial charge < -0.3 is 9.64 Å². The van der Waals surface area contributed by atoms with Gasteiger partial charge in [-0.3, -0.25) is 0 Å². The number of aromatic nitrogens is 5. The lowest BCUT2D eigenvalue weighted by Crippen LogP contribution is -2.48. The van der Waals surface area contributed by atoms with E-state index in [1.807, 2.05) is 17.8 Å². The van der Waals surface area contributed by atoms with Crippen LogP contribution in [0.3, 0.4) is 0 Å². The minimum atomic E-state index is 0.208. The topological polar surface area (TPSA) is 69.0 Å². The fourth-order valence-electron chi connectivity index (χ4n) is 3.21. The molecule has 110 valence electrons. The molecule has 0 aliphatic carbocycles. The molecule has 4 heterocycles. The molecule has 0 aromatic carbocycles. The first kappa shape index (κ1) is 12.7. The quantitative estimate of drug-likeness (QED) is 0.780. The second kappa shape index (κ2) is 4.77. The Hall–Kier alpha value is -2.02. The number of ether oxygens (including phenoxy) is 1. The first-order valence-electron chi connectivity index (χ1n) is 7.28. The van der Waals surface area contributed by atoms with Crippen LogP contribution in [0.1, 0.15) is 29.5 Å². The molecular formula is C14H18N6O. The molecule has 0 spiro atoms. The fourth-order valence-corrected chi connectivity index (χ4v) is 3.21. The molecule has 2 aliphatic rings. The maximum absolute atomic E-state index is 5.94. The van der Waals surface area contributed by atoms with Gasteiger partial charge in [0.05, 0.1) is 30.6 Å². The summed E-state index contributed by atoms with van der Waals surface area (Å²) in [5, 5.41) is 8.25. The van der Waals surface area contributed by atoms with Crippen molar-refractivity contribution in [3.05, 3.63) is 29.5 Å². The van der Waals surface area contributed by atoms with E-state index in [-0.39, 0.29) is 12.1 Å². The third kappa shape index (κ3) is 2.08. The summed E-state index contributed by atoms with van der Waals surface area (Å²) >= 11 is 0. The molecule has 2 aliphatic heterocycles. The first-order chi connectivity index (χ1) is 10.2. The van der Waals surface area contributed by atoms with E-state index in [4.69, 9.17) is 4.74 Å². The van der Waals surface area contributed by atoms with Crippen molar-refractivity contribution in [2.45, 2.75) is 39.0 Å². The van der Waals surface area contributed by atoms with Gasteiger partial charge in [0.2, 0.25) is 0 Å². The molecule has 1 fully saturated rings. The van der Waals surface area contributed by atoms with Gasteiger partial charge in [0, 0.05) is 24.8 Å². The molecule has 0 amide bonds. The average molecular weight is 286 g/mol. The van der Waals surface area contributed by atoms with Crippen LogP contribution in [0.5, 0.6) is 0 Å². The zero-order valence-corrected chi connectivity index (χ0v) is 12.2. The third-order valence-corrected chi connectivity index (χ3v) is 4.29. The summed E-state index contributed by atoms with van der Waals surface area (Å²) in [4.78, 5) is 11.2. The Morgan fingerprint density at radius 2 is 2.19 bits per heavy atom. The number of anilines is 1. The molecular weight excluding hydrogens is 268 g/mol. The van der Waals surface area contributed by atoms with E-state index in [2.05, 4.69) is 32.1 Å². The normalized spacial score (nSPS) is 24.6. The van der Waals surface area contributed by atoms with Crippen molar-refractivity contribution in [1.29, 1.82) is 0 Å². The highest BCUT2D eigenvalue weighted by Crippen LogP contribution is 2.32. The summed E-state index contributed by atoms with van der Waals surface area (Å²) in [6, 6.07) is 0.208. The van der Waals surface area contributed by atoms with E-state index < -0.39 is 0 Å². The largest absolute Gasteiger partial charge is 0.370 e. The van der Waals surface area contributed by atoms with E-state index >= 15 is 0 Å². The Bertz CT molecular complexity index is 669. The predicted molar refractivity (Wildman–Crippen MR) is 76.0 cm³/mol. The molecule has 7 nitrogen and oxygen atoms in total. The van der Waals surface area contributed by atoms with E-state index in [0.29, 0.717) is 6.61 Å². The van der Waals surface area contributed by atoms with E-state index in [0.717, 1.165) is 42.4 Å². The van der Waals surface area contributed by atoms with Gasteiger partial charge in [0.1, 0.15) is 11.6 Å². The zero-order valence-electron chi connectivity index (χ0n) is 12.2. The number of fused-ring (bicyclic) bond motifs is 3. The minimum absolute atomic E-state index is 0.208. The molecule has 2 aromatic heterocycles. The lowest BCUT2D eigenvalue weighted by molar-refractivity contribution is -0.0373. The zero-order chi connectivity index (χ0) is 14.4. The number of piperidine rings is 1. The standard InChI is InChI=1S/C14H18N6O/c1-9-5-15-10(2)17-14(9)19-4-3-13-12(7-19)20-11(8-21-13)6-16-18-20/h5-6,12-13H,3-4,7-8H2,1-2H3/t12-,13-/m0/s1. The molecule has 1 saturated heterocycles. The van der Waals surface area contributed by atoms with Crippen LogP contribution in [0.25, 0.3) is 0 Å². The van der Waals surface area contributed by atoms with Gasteiger partial charge in [0.15, 0.2) is 0 Å². The molecule has 0 N–H and O–H groups in total. The number of rotatable bonds is 1. The van der Waals surface area contributed by atoms with Crippen molar-refractivity contribution >= 4 is 5.82 Å². The number of nitrogens with zero attached hydrogens (tertiary/aromatic N) is 6. The molecule has 0 unspecified atom stereocenters. The molecule has 2 aromatic rings. The Morgan fingerprint density at radius 1 is 1.29 bits per heavy atom. The van der Waals surface area contributed by atoms with Gasteiger partial charge >= 0.3 is 0 Å². The summed E-state index contributed by atoms with van der Waals surface area (Å²) in [5.41, 5.74) is 2.16. The summed E-state index contributed by atoms with van der Waals surface area (Å²) < 4.78 is 7.96. The molecule has 7 heteroatoms. The SMILES string of the molecule is Cc1ncc(C)c(N2CC[C@@H]3OCc4cnnn4[C@H]3C2)n1. The Labute approximate surface area is 123 Å². The molecule has 0 saturated carbocycles. The second-order valence-corrected chi connectivity index (χ2v) is 5.75. The highest BCUT2D eigenvalue weighted by Gasteiger charge is 2.37. The fraction of sp³-hybridized carbons (Fsp3) is 0.571. The van der Waals surface area contributed by atoms with Gasteiger partial charge in [-0.05, 0) is 20.3 Å². The third-order valence-electron chi connectivity index (χ3n) is 4.29. The minimum Gasteiger partial charge on any atom is -0.370 e. The van der Waals surface area contributed by atoms with Crippen molar-refractivity contribution in [3.8, 4) is 0 Å². The molecule has 0 radical (unpaired) electrons. The summed E-state index contributed by atoms with van der Waals surface area (Å²) in [7, 11) is 0. The van der Waals surface area contributed by atoms with Crippen molar-refractivity contribution in [1.82, 2.24) is 25.0 Å². The van der Waals surface area contributed by atoms with Crippen molar-refractivity contribution in [2.24, 2.45) is 0 Å². The second-order valence-electron chi connectivity index (χ2n) is 5.75. The number of aryl methyl sites for hydroxylation is 2. The van der Waals surface area contributed by atoms with Crippen LogP contribution in [-0.2, 0) is 11.3 Å². The van der Waals surface area contributed by atoms with E-state index in [9.17, 15) is 0 Å². The van der Waals surface area contributed by atoms with Crippen LogP contribution in [0, 0.1) is 13.8 Å². The first-order valence-corrected chi connectivity index (χ1v) is 7.28. The molecule has 0 bridgehead atoms. The monoisotopic (exact) mass is 286 g/mol. The van der Waals surface area contributed by atoms with Crippen molar-refractivity contribution < 1.29 is 4.74 Å². The van der Waals surface area contributed by atoms with Crippen LogP contribution in [-0.4, -0.2) is 44.2 Å². The highest BCUT2D eigenvalue weighted by molar-refractivity contribution is 5.46. The number of hydrogen-bond donors (Lipinski definition) is 0. The lowest BCUT2D eigenvalue weighted by Gasteiger charge is -2.41. The average Bonchev–Trinajstić information content (AvgIpc) is 2.98.